The Balaban J connectivity index is 1.81. The molecule has 1 aromatic carbocycles. The fourth-order valence-corrected chi connectivity index (χ4v) is 4.61. The number of fused-ring (bicyclic) bond motifs is 2. The van der Waals surface area contributed by atoms with Gasteiger partial charge in [0.15, 0.2) is 11.4 Å². The van der Waals surface area contributed by atoms with Crippen LogP contribution in [0.1, 0.15) is 48.2 Å². The van der Waals surface area contributed by atoms with Crippen LogP contribution in [0.15, 0.2) is 29.1 Å². The second-order valence-electron chi connectivity index (χ2n) is 7.73. The van der Waals surface area contributed by atoms with Gasteiger partial charge in [-0.3, -0.25) is 14.6 Å². The SMILES string of the molecule is O=C1CCCc2nc3nc(N4CCCCC4)[nH]c(=O)c3c(-c3cccc(Cl)c3)c21. The lowest BCUT2D eigenvalue weighted by molar-refractivity contribution is 0.0972. The Kier molecular flexibility index (Phi) is 4.59. The Morgan fingerprint density at radius 2 is 1.79 bits per heavy atom. The summed E-state index contributed by atoms with van der Waals surface area (Å²) in [7, 11) is 0. The Bertz CT molecular complexity index is 1180. The number of Topliss-reactive ketones (excluding diaryl/α,β-unsaturated/α-hetero) is 1. The number of aromatic amines is 1. The van der Waals surface area contributed by atoms with Crippen LogP contribution in [-0.4, -0.2) is 33.8 Å². The molecule has 3 heterocycles. The molecule has 7 heteroatoms. The summed E-state index contributed by atoms with van der Waals surface area (Å²) in [5.74, 6) is 0.587. The van der Waals surface area contributed by atoms with E-state index in [0.717, 1.165) is 43.6 Å². The number of hydrogen-bond donors (Lipinski definition) is 1. The summed E-state index contributed by atoms with van der Waals surface area (Å²) in [4.78, 5) is 40.5. The number of ketones is 1. The van der Waals surface area contributed by atoms with E-state index in [4.69, 9.17) is 16.6 Å². The molecule has 5 rings (SSSR count). The number of pyridine rings is 1. The van der Waals surface area contributed by atoms with E-state index in [1.165, 1.54) is 6.42 Å². The molecule has 29 heavy (non-hydrogen) atoms. The van der Waals surface area contributed by atoms with Crippen LogP contribution < -0.4 is 10.5 Å². The van der Waals surface area contributed by atoms with Crippen molar-refractivity contribution in [1.82, 2.24) is 15.0 Å². The summed E-state index contributed by atoms with van der Waals surface area (Å²) in [6, 6.07) is 7.27. The van der Waals surface area contributed by atoms with Gasteiger partial charge in [0, 0.05) is 35.7 Å². The first-order chi connectivity index (χ1) is 14.1. The number of hydrogen-bond acceptors (Lipinski definition) is 5. The number of H-pyrrole nitrogens is 1. The molecule has 0 atom stereocenters. The average Bonchev–Trinajstić information content (AvgIpc) is 2.73. The summed E-state index contributed by atoms with van der Waals surface area (Å²) in [6.07, 6.45) is 5.30. The second kappa shape index (κ2) is 7.26. The van der Waals surface area contributed by atoms with E-state index in [-0.39, 0.29) is 11.3 Å². The molecule has 0 unspecified atom stereocenters. The number of halogens is 1. The third kappa shape index (κ3) is 3.21. The van der Waals surface area contributed by atoms with Gasteiger partial charge >= 0.3 is 0 Å². The highest BCUT2D eigenvalue weighted by molar-refractivity contribution is 6.31. The van der Waals surface area contributed by atoms with Gasteiger partial charge in [-0.15, -0.1) is 0 Å². The quantitative estimate of drug-likeness (QED) is 0.689. The van der Waals surface area contributed by atoms with Crippen LogP contribution in [0.3, 0.4) is 0 Å². The van der Waals surface area contributed by atoms with Crippen molar-refractivity contribution < 1.29 is 4.79 Å². The summed E-state index contributed by atoms with van der Waals surface area (Å²) in [5, 5.41) is 0.917. The molecular weight excluding hydrogens is 388 g/mol. The number of benzene rings is 1. The molecule has 6 nitrogen and oxygen atoms in total. The van der Waals surface area contributed by atoms with Crippen molar-refractivity contribution in [1.29, 1.82) is 0 Å². The Hall–Kier alpha value is -2.73. The van der Waals surface area contributed by atoms with Crippen LogP contribution in [-0.2, 0) is 6.42 Å². The summed E-state index contributed by atoms with van der Waals surface area (Å²) >= 11 is 6.22. The average molecular weight is 409 g/mol. The van der Waals surface area contributed by atoms with E-state index in [2.05, 4.69) is 14.9 Å². The van der Waals surface area contributed by atoms with E-state index >= 15 is 0 Å². The van der Waals surface area contributed by atoms with Crippen LogP contribution in [0.4, 0.5) is 5.95 Å². The monoisotopic (exact) mass is 408 g/mol. The number of piperidine rings is 1. The Morgan fingerprint density at radius 3 is 2.59 bits per heavy atom. The minimum atomic E-state index is -0.265. The van der Waals surface area contributed by atoms with Crippen molar-refractivity contribution in [3.05, 3.63) is 50.9 Å². The molecule has 0 spiro atoms. The lowest BCUT2D eigenvalue weighted by Gasteiger charge is -2.27. The van der Waals surface area contributed by atoms with Crippen molar-refractivity contribution in [2.45, 2.75) is 38.5 Å². The third-order valence-corrected chi connectivity index (χ3v) is 6.02. The number of rotatable bonds is 2. The van der Waals surface area contributed by atoms with Gasteiger partial charge in [0.2, 0.25) is 5.95 Å². The Morgan fingerprint density at radius 1 is 0.966 bits per heavy atom. The third-order valence-electron chi connectivity index (χ3n) is 5.78. The standard InChI is InChI=1S/C22H21ClN4O2/c23-14-7-4-6-13(12-14)17-18-15(8-5-9-16(18)28)24-20-19(17)21(29)26-22(25-20)27-10-2-1-3-11-27/h4,6-7,12H,1-3,5,8-11H2,(H,24,25,26,29). The molecule has 0 radical (unpaired) electrons. The van der Waals surface area contributed by atoms with Gasteiger partial charge in [-0.25, -0.2) is 4.98 Å². The summed E-state index contributed by atoms with van der Waals surface area (Å²) < 4.78 is 0. The van der Waals surface area contributed by atoms with Crippen LogP contribution >= 0.6 is 11.6 Å². The van der Waals surface area contributed by atoms with Gasteiger partial charge in [0.05, 0.1) is 11.1 Å². The predicted molar refractivity (Wildman–Crippen MR) is 114 cm³/mol. The van der Waals surface area contributed by atoms with Crippen LogP contribution in [0.5, 0.6) is 0 Å². The second-order valence-corrected chi connectivity index (χ2v) is 8.17. The molecule has 1 aliphatic heterocycles. The van der Waals surface area contributed by atoms with Crippen LogP contribution in [0, 0.1) is 0 Å². The summed E-state index contributed by atoms with van der Waals surface area (Å²) in [6.45, 7) is 1.75. The number of anilines is 1. The van der Waals surface area contributed by atoms with E-state index in [1.807, 2.05) is 12.1 Å². The zero-order valence-corrected chi connectivity index (χ0v) is 16.8. The maximum atomic E-state index is 13.2. The number of nitrogens with one attached hydrogen (secondary N) is 1. The topological polar surface area (TPSA) is 79.0 Å². The van der Waals surface area contributed by atoms with Gasteiger partial charge in [0.1, 0.15) is 0 Å². The first-order valence-electron chi connectivity index (χ1n) is 10.1. The molecule has 148 valence electrons. The largest absolute Gasteiger partial charge is 0.342 e. The molecule has 1 saturated heterocycles. The lowest BCUT2D eigenvalue weighted by atomic mass is 9.87. The maximum absolute atomic E-state index is 13.2. The predicted octanol–water partition coefficient (Wildman–Crippen LogP) is 4.15. The highest BCUT2D eigenvalue weighted by atomic mass is 35.5. The molecule has 2 aromatic heterocycles. The minimum Gasteiger partial charge on any atom is -0.342 e. The van der Waals surface area contributed by atoms with Gasteiger partial charge < -0.3 is 4.90 Å². The number of carbonyl (C=O) groups excluding carboxylic acids is 1. The maximum Gasteiger partial charge on any atom is 0.262 e. The number of nitrogens with zero attached hydrogens (tertiary/aromatic N) is 3. The molecule has 1 aliphatic carbocycles. The van der Waals surface area contributed by atoms with Crippen LogP contribution in [0.25, 0.3) is 22.2 Å². The van der Waals surface area contributed by atoms with Gasteiger partial charge in [-0.05, 0) is 49.8 Å². The minimum absolute atomic E-state index is 0.0233. The van der Waals surface area contributed by atoms with Gasteiger partial charge in [0.25, 0.3) is 5.56 Å². The summed E-state index contributed by atoms with van der Waals surface area (Å²) in [5.41, 5.74) is 2.76. The molecule has 3 aromatic rings. The molecule has 0 saturated carbocycles. The highest BCUT2D eigenvalue weighted by Gasteiger charge is 2.28. The molecule has 2 aliphatic rings. The smallest absolute Gasteiger partial charge is 0.262 e. The zero-order valence-electron chi connectivity index (χ0n) is 16.0. The first-order valence-corrected chi connectivity index (χ1v) is 10.5. The van der Waals surface area contributed by atoms with Crippen molar-refractivity contribution in [2.75, 3.05) is 18.0 Å². The van der Waals surface area contributed by atoms with Gasteiger partial charge in [-0.2, -0.15) is 4.98 Å². The van der Waals surface area contributed by atoms with Crippen LogP contribution in [0.2, 0.25) is 5.02 Å². The Labute approximate surface area is 172 Å². The molecular formula is C22H21ClN4O2. The fraction of sp³-hybridized carbons (Fsp3) is 0.364. The van der Waals surface area contributed by atoms with Crippen molar-refractivity contribution in [2.24, 2.45) is 0 Å². The zero-order chi connectivity index (χ0) is 20.0. The van der Waals surface area contributed by atoms with E-state index in [0.29, 0.717) is 46.0 Å². The van der Waals surface area contributed by atoms with Gasteiger partial charge in [-0.1, -0.05) is 23.7 Å². The number of aryl methyl sites for hydroxylation is 1. The molecule has 0 bridgehead atoms. The highest BCUT2D eigenvalue weighted by Crippen LogP contribution is 2.36. The lowest BCUT2D eigenvalue weighted by Crippen LogP contribution is -2.32. The van der Waals surface area contributed by atoms with E-state index in [9.17, 15) is 9.59 Å². The fourth-order valence-electron chi connectivity index (χ4n) is 4.42. The normalized spacial score (nSPS) is 16.9. The number of carbonyl (C=O) groups is 1. The van der Waals surface area contributed by atoms with Crippen molar-refractivity contribution in [3.63, 3.8) is 0 Å². The van der Waals surface area contributed by atoms with Crippen molar-refractivity contribution in [3.8, 4) is 11.1 Å². The molecule has 1 N–H and O–H groups in total. The van der Waals surface area contributed by atoms with Crippen molar-refractivity contribution >= 4 is 34.4 Å². The molecule has 1 fully saturated rings. The molecule has 0 amide bonds. The number of aromatic nitrogens is 3. The van der Waals surface area contributed by atoms with E-state index in [1.54, 1.807) is 12.1 Å². The first kappa shape index (κ1) is 18.3. The van der Waals surface area contributed by atoms with E-state index < -0.39 is 0 Å².